The van der Waals surface area contributed by atoms with Gasteiger partial charge in [0.25, 0.3) is 0 Å². The van der Waals surface area contributed by atoms with E-state index in [1.807, 2.05) is 51.1 Å². The summed E-state index contributed by atoms with van der Waals surface area (Å²) in [5, 5.41) is 16.3. The Balaban J connectivity index is 0.946. The Hall–Kier alpha value is -3.76. The maximum absolute atomic E-state index is 13.2. The third kappa shape index (κ3) is 8.65. The summed E-state index contributed by atoms with van der Waals surface area (Å²) in [6, 6.07) is 24.3. The Bertz CT molecular complexity index is 1780. The monoisotopic (exact) mass is 749 g/mol. The summed E-state index contributed by atoms with van der Waals surface area (Å²) in [6.45, 7) is 9.75. The standard InChI is InChI=1S/C46H59N3O6/c1-29-40(27-49-18-6-9-39(49)42(51)55-45(2,3)4)53-43(54-41(29)36-12-10-30(28-50)11-13-36)37-16-14-35(15-17-37)38-8-5-7-31(22-38)26-47-44(52)48-46-23-32-19-33(24-46)21-34(20-32)25-46/h5,7-8,10-17,22,29,32-34,39-41,43,50H,6,9,18-21,23-28H2,1-4H3,(H2,47,48,52). The van der Waals surface area contributed by atoms with E-state index in [1.165, 1.54) is 19.3 Å². The van der Waals surface area contributed by atoms with E-state index in [-0.39, 0.29) is 48.3 Å². The lowest BCUT2D eigenvalue weighted by atomic mass is 9.53. The highest BCUT2D eigenvalue weighted by atomic mass is 16.7. The van der Waals surface area contributed by atoms with Crippen molar-refractivity contribution in [3.63, 3.8) is 0 Å². The number of hydrogen-bond donors (Lipinski definition) is 3. The molecule has 3 aromatic carbocycles. The zero-order valence-electron chi connectivity index (χ0n) is 33.0. The van der Waals surface area contributed by atoms with Gasteiger partial charge in [-0.05, 0) is 130 Å². The molecule has 2 aliphatic heterocycles. The normalized spacial score (nSPS) is 31.7. The fraction of sp³-hybridized carbons (Fsp3) is 0.565. The first-order valence-electron chi connectivity index (χ1n) is 20.7. The van der Waals surface area contributed by atoms with Crippen molar-refractivity contribution in [2.45, 2.75) is 128 Å². The van der Waals surface area contributed by atoms with E-state index in [2.05, 4.69) is 64.9 Å². The molecule has 9 rings (SSSR count). The fourth-order valence-electron chi connectivity index (χ4n) is 10.7. The van der Waals surface area contributed by atoms with E-state index < -0.39 is 11.9 Å². The largest absolute Gasteiger partial charge is 0.459 e. The van der Waals surface area contributed by atoms with E-state index in [1.54, 1.807) is 0 Å². The first-order chi connectivity index (χ1) is 26.4. The Kier molecular flexibility index (Phi) is 10.8. The molecule has 6 aliphatic rings. The summed E-state index contributed by atoms with van der Waals surface area (Å²) in [6.07, 6.45) is 8.14. The lowest BCUT2D eigenvalue weighted by Crippen LogP contribution is -2.61. The fourth-order valence-corrected chi connectivity index (χ4v) is 10.7. The zero-order chi connectivity index (χ0) is 38.3. The number of aliphatic hydroxyl groups is 1. The third-order valence-corrected chi connectivity index (χ3v) is 12.9. The molecule has 4 saturated carbocycles. The van der Waals surface area contributed by atoms with Gasteiger partial charge in [-0.15, -0.1) is 0 Å². The number of nitrogens with zero attached hydrogens (tertiary/aromatic N) is 1. The molecule has 3 aromatic rings. The minimum absolute atomic E-state index is 0.00123. The molecule has 2 amide bonds. The average molecular weight is 750 g/mol. The van der Waals surface area contributed by atoms with Gasteiger partial charge < -0.3 is 30.0 Å². The van der Waals surface area contributed by atoms with Crippen LogP contribution >= 0.6 is 0 Å². The summed E-state index contributed by atoms with van der Waals surface area (Å²) in [7, 11) is 0. The second-order valence-corrected chi connectivity index (χ2v) is 18.3. The first kappa shape index (κ1) is 38.1. The van der Waals surface area contributed by atoms with Crippen molar-refractivity contribution < 1.29 is 28.9 Å². The van der Waals surface area contributed by atoms with Crippen molar-refractivity contribution in [3.05, 3.63) is 95.1 Å². The molecule has 55 heavy (non-hydrogen) atoms. The van der Waals surface area contributed by atoms with E-state index in [9.17, 15) is 14.7 Å². The molecular weight excluding hydrogens is 691 g/mol. The summed E-state index contributed by atoms with van der Waals surface area (Å²) < 4.78 is 19.3. The van der Waals surface area contributed by atoms with Gasteiger partial charge in [0.15, 0.2) is 6.29 Å². The van der Waals surface area contributed by atoms with Gasteiger partial charge in [-0.3, -0.25) is 9.69 Å². The number of amides is 2. The number of nitrogens with one attached hydrogen (secondary N) is 2. The molecule has 4 aliphatic carbocycles. The lowest BCUT2D eigenvalue weighted by molar-refractivity contribution is -0.276. The summed E-state index contributed by atoms with van der Waals surface area (Å²) in [5.41, 5.74) is 5.45. The van der Waals surface area contributed by atoms with Crippen molar-refractivity contribution in [3.8, 4) is 11.1 Å². The number of aliphatic hydroxyl groups excluding tert-OH is 1. The lowest BCUT2D eigenvalue weighted by Gasteiger charge is -2.56. The maximum atomic E-state index is 13.2. The van der Waals surface area contributed by atoms with Crippen molar-refractivity contribution in [1.82, 2.24) is 15.5 Å². The highest BCUT2D eigenvalue weighted by molar-refractivity contribution is 5.76. The molecule has 6 fully saturated rings. The molecule has 5 unspecified atom stereocenters. The van der Waals surface area contributed by atoms with Crippen LogP contribution in [0.1, 0.15) is 114 Å². The maximum Gasteiger partial charge on any atom is 0.323 e. The number of urea groups is 1. The van der Waals surface area contributed by atoms with Gasteiger partial charge in [-0.25, -0.2) is 4.79 Å². The van der Waals surface area contributed by atoms with Crippen LogP contribution in [0.3, 0.4) is 0 Å². The van der Waals surface area contributed by atoms with Crippen LogP contribution < -0.4 is 10.6 Å². The molecule has 294 valence electrons. The SMILES string of the molecule is CC1C(CN2CCCC2C(=O)OC(C)(C)C)OC(c2ccc(-c3cccc(CNC(=O)NC45CC6CC(CC(C6)C4)C5)c3)cc2)OC1c1ccc(CO)cc1. The van der Waals surface area contributed by atoms with Gasteiger partial charge in [0.2, 0.25) is 0 Å². The summed E-state index contributed by atoms with van der Waals surface area (Å²) in [5.74, 6) is 2.19. The molecule has 2 saturated heterocycles. The van der Waals surface area contributed by atoms with E-state index >= 15 is 0 Å². The first-order valence-corrected chi connectivity index (χ1v) is 20.7. The molecule has 5 atom stereocenters. The van der Waals surface area contributed by atoms with Crippen LogP contribution in [0, 0.1) is 23.7 Å². The summed E-state index contributed by atoms with van der Waals surface area (Å²) >= 11 is 0. The molecule has 2 heterocycles. The number of hydrogen-bond acceptors (Lipinski definition) is 7. The molecule has 3 N–H and O–H groups in total. The quantitative estimate of drug-likeness (QED) is 0.179. The molecule has 0 radical (unpaired) electrons. The van der Waals surface area contributed by atoms with Crippen molar-refractivity contribution in [2.75, 3.05) is 13.1 Å². The van der Waals surface area contributed by atoms with E-state index in [4.69, 9.17) is 14.2 Å². The third-order valence-electron chi connectivity index (χ3n) is 12.9. The van der Waals surface area contributed by atoms with Gasteiger partial charge in [0.05, 0.1) is 18.8 Å². The highest BCUT2D eigenvalue weighted by Crippen LogP contribution is 2.55. The predicted octanol–water partition coefficient (Wildman–Crippen LogP) is 8.21. The Morgan fingerprint density at radius 3 is 2.20 bits per heavy atom. The van der Waals surface area contributed by atoms with Gasteiger partial charge in [-0.2, -0.15) is 0 Å². The van der Waals surface area contributed by atoms with Crippen LogP contribution in [0.4, 0.5) is 4.79 Å². The number of carbonyl (C=O) groups excluding carboxylic acids is 2. The van der Waals surface area contributed by atoms with E-state index in [0.717, 1.165) is 89.8 Å². The molecule has 4 bridgehead atoms. The van der Waals surface area contributed by atoms with Crippen LogP contribution in [0.15, 0.2) is 72.8 Å². The van der Waals surface area contributed by atoms with Crippen LogP contribution in [0.5, 0.6) is 0 Å². The van der Waals surface area contributed by atoms with Crippen LogP contribution in [-0.2, 0) is 32.2 Å². The topological polar surface area (TPSA) is 109 Å². The number of likely N-dealkylation sites (tertiary alicyclic amines) is 1. The van der Waals surface area contributed by atoms with Crippen LogP contribution in [0.25, 0.3) is 11.1 Å². The number of carbonyl (C=O) groups is 2. The van der Waals surface area contributed by atoms with Gasteiger partial charge in [0.1, 0.15) is 11.6 Å². The smallest absolute Gasteiger partial charge is 0.323 e. The molecule has 9 nitrogen and oxygen atoms in total. The van der Waals surface area contributed by atoms with Crippen molar-refractivity contribution >= 4 is 12.0 Å². The molecule has 0 spiro atoms. The molecule has 0 aromatic heterocycles. The van der Waals surface area contributed by atoms with Gasteiger partial charge in [-0.1, -0.05) is 73.7 Å². The number of esters is 1. The van der Waals surface area contributed by atoms with Crippen molar-refractivity contribution in [1.29, 1.82) is 0 Å². The Morgan fingerprint density at radius 2 is 1.55 bits per heavy atom. The predicted molar refractivity (Wildman–Crippen MR) is 212 cm³/mol. The number of ether oxygens (including phenoxy) is 3. The Morgan fingerprint density at radius 1 is 0.873 bits per heavy atom. The van der Waals surface area contributed by atoms with Crippen LogP contribution in [0.2, 0.25) is 0 Å². The molecular formula is C46H59N3O6. The van der Waals surface area contributed by atoms with Gasteiger partial charge >= 0.3 is 12.0 Å². The van der Waals surface area contributed by atoms with Crippen LogP contribution in [-0.4, -0.2) is 58.4 Å². The average Bonchev–Trinajstić information content (AvgIpc) is 3.62. The van der Waals surface area contributed by atoms with Gasteiger partial charge in [0, 0.05) is 30.1 Å². The number of benzene rings is 3. The second-order valence-electron chi connectivity index (χ2n) is 18.3. The molecule has 9 heteroatoms. The zero-order valence-corrected chi connectivity index (χ0v) is 33.0. The summed E-state index contributed by atoms with van der Waals surface area (Å²) in [4.78, 5) is 28.6. The Labute approximate surface area is 326 Å². The van der Waals surface area contributed by atoms with Crippen molar-refractivity contribution in [2.24, 2.45) is 23.7 Å². The minimum Gasteiger partial charge on any atom is -0.459 e. The number of rotatable bonds is 10. The minimum atomic E-state index is -0.608. The van der Waals surface area contributed by atoms with E-state index in [0.29, 0.717) is 13.1 Å². The highest BCUT2D eigenvalue weighted by Gasteiger charge is 2.51. The second kappa shape index (κ2) is 15.6.